The van der Waals surface area contributed by atoms with Gasteiger partial charge in [0.1, 0.15) is 0 Å². The van der Waals surface area contributed by atoms with Gasteiger partial charge in [0.2, 0.25) is 26.0 Å². The number of hydrogen-bond acceptors (Lipinski definition) is 8. The van der Waals surface area contributed by atoms with Crippen molar-refractivity contribution in [3.05, 3.63) is 64.2 Å². The highest BCUT2D eigenvalue weighted by Gasteiger charge is 2.23. The van der Waals surface area contributed by atoms with Crippen molar-refractivity contribution in [2.24, 2.45) is 0 Å². The zero-order chi connectivity index (χ0) is 23.9. The first-order chi connectivity index (χ1) is 15.0. The van der Waals surface area contributed by atoms with Crippen LogP contribution in [0.15, 0.2) is 58.3 Å². The average molecular weight is 482 g/mol. The molecule has 0 unspecified atom stereocenters. The van der Waals surface area contributed by atoms with Crippen molar-refractivity contribution in [1.29, 1.82) is 5.26 Å². The molecule has 0 aliphatic heterocycles. The summed E-state index contributed by atoms with van der Waals surface area (Å²) < 4.78 is 52.4. The lowest BCUT2D eigenvalue weighted by Crippen LogP contribution is -2.41. The molecule has 0 saturated heterocycles. The Morgan fingerprint density at radius 3 is 2.34 bits per heavy atom. The number of likely N-dealkylation sites (N-methyl/N-ethyl adjacent to an activating group) is 1. The molecule has 12 nitrogen and oxygen atoms in total. The summed E-state index contributed by atoms with van der Waals surface area (Å²) in [6.45, 7) is -0.874. The SMILES string of the molecule is CN(CC(=O)NCCNS(=O)(=O)c1cccc([N+](=O)[O-])c1)S(=O)(=O)c1ccc(C#N)cc1. The third-order valence-corrected chi connectivity index (χ3v) is 7.41. The monoisotopic (exact) mass is 481 g/mol. The number of nitro groups is 1. The lowest BCUT2D eigenvalue weighted by Gasteiger charge is -2.17. The number of nitrogens with zero attached hydrogens (tertiary/aromatic N) is 3. The Labute approximate surface area is 184 Å². The summed E-state index contributed by atoms with van der Waals surface area (Å²) in [7, 11) is -6.79. The molecule has 170 valence electrons. The molecule has 14 heteroatoms. The van der Waals surface area contributed by atoms with E-state index in [2.05, 4.69) is 10.0 Å². The number of amides is 1. The van der Waals surface area contributed by atoms with Crippen molar-refractivity contribution < 1.29 is 26.6 Å². The average Bonchev–Trinajstić information content (AvgIpc) is 2.76. The lowest BCUT2D eigenvalue weighted by atomic mass is 10.2. The molecule has 0 aromatic heterocycles. The van der Waals surface area contributed by atoms with Crippen molar-refractivity contribution in [3.63, 3.8) is 0 Å². The summed E-state index contributed by atoms with van der Waals surface area (Å²) in [6.07, 6.45) is 0. The summed E-state index contributed by atoms with van der Waals surface area (Å²) in [5.74, 6) is -0.667. The zero-order valence-corrected chi connectivity index (χ0v) is 18.4. The van der Waals surface area contributed by atoms with E-state index in [1.54, 1.807) is 0 Å². The second-order valence-corrected chi connectivity index (χ2v) is 10.2. The molecule has 0 radical (unpaired) electrons. The molecule has 0 heterocycles. The molecule has 0 bridgehead atoms. The number of nitrogens with one attached hydrogen (secondary N) is 2. The predicted molar refractivity (Wildman–Crippen MR) is 112 cm³/mol. The fourth-order valence-electron chi connectivity index (χ4n) is 2.46. The van der Waals surface area contributed by atoms with E-state index in [1.807, 2.05) is 6.07 Å². The van der Waals surface area contributed by atoms with Crippen LogP contribution in [0.2, 0.25) is 0 Å². The Balaban J connectivity index is 1.88. The van der Waals surface area contributed by atoms with Gasteiger partial charge in [0.25, 0.3) is 5.69 Å². The smallest absolute Gasteiger partial charge is 0.270 e. The second kappa shape index (κ2) is 10.3. The fraction of sp³-hybridized carbons (Fsp3) is 0.222. The predicted octanol–water partition coefficient (Wildman–Crippen LogP) is 0.182. The van der Waals surface area contributed by atoms with E-state index in [9.17, 15) is 31.7 Å². The molecule has 1 amide bonds. The van der Waals surface area contributed by atoms with Gasteiger partial charge in [0.05, 0.1) is 32.9 Å². The van der Waals surface area contributed by atoms with Crippen molar-refractivity contribution in [1.82, 2.24) is 14.3 Å². The number of nitro benzene ring substituents is 1. The fourth-order valence-corrected chi connectivity index (χ4v) is 4.66. The normalized spacial score (nSPS) is 11.7. The van der Waals surface area contributed by atoms with Crippen molar-refractivity contribution in [2.75, 3.05) is 26.7 Å². The van der Waals surface area contributed by atoms with Crippen LogP contribution in [0.25, 0.3) is 0 Å². The van der Waals surface area contributed by atoms with Gasteiger partial charge in [0.15, 0.2) is 0 Å². The standard InChI is InChI=1S/C18H19N5O7S2/c1-22(32(29,30)16-7-5-14(12-19)6-8-16)13-18(24)20-9-10-21-31(27,28)17-4-2-3-15(11-17)23(25)26/h2-8,11,21H,9-10,13H2,1H3,(H,20,24). The molecule has 0 saturated carbocycles. The van der Waals surface area contributed by atoms with Gasteiger partial charge in [-0.3, -0.25) is 14.9 Å². The molecule has 0 spiro atoms. The number of nitriles is 1. The van der Waals surface area contributed by atoms with Crippen molar-refractivity contribution >= 4 is 31.6 Å². The third kappa shape index (κ3) is 6.31. The van der Waals surface area contributed by atoms with E-state index >= 15 is 0 Å². The number of sulfonamides is 2. The van der Waals surface area contributed by atoms with Crippen LogP contribution in [-0.2, 0) is 24.8 Å². The van der Waals surface area contributed by atoms with Gasteiger partial charge in [0, 0.05) is 32.3 Å². The molecule has 2 aromatic rings. The molecule has 0 atom stereocenters. The van der Waals surface area contributed by atoms with Crippen LogP contribution in [-0.4, -0.2) is 58.7 Å². The lowest BCUT2D eigenvalue weighted by molar-refractivity contribution is -0.385. The van der Waals surface area contributed by atoms with Gasteiger partial charge in [-0.2, -0.15) is 9.57 Å². The van der Waals surface area contributed by atoms with Gasteiger partial charge < -0.3 is 5.32 Å². The Hall–Kier alpha value is -3.38. The highest BCUT2D eigenvalue weighted by molar-refractivity contribution is 7.89. The zero-order valence-electron chi connectivity index (χ0n) is 16.8. The van der Waals surface area contributed by atoms with Gasteiger partial charge in [-0.05, 0) is 30.3 Å². The quantitative estimate of drug-likeness (QED) is 0.274. The summed E-state index contributed by atoms with van der Waals surface area (Å²) in [4.78, 5) is 21.7. The van der Waals surface area contributed by atoms with E-state index in [-0.39, 0.29) is 34.1 Å². The molecule has 2 rings (SSSR count). The topological polar surface area (TPSA) is 180 Å². The minimum absolute atomic E-state index is 0.0866. The van der Waals surface area contributed by atoms with E-state index in [0.717, 1.165) is 16.4 Å². The van der Waals surface area contributed by atoms with Crippen molar-refractivity contribution in [3.8, 4) is 6.07 Å². The number of non-ortho nitro benzene ring substituents is 1. The van der Waals surface area contributed by atoms with Crippen LogP contribution >= 0.6 is 0 Å². The highest BCUT2D eigenvalue weighted by atomic mass is 32.2. The minimum atomic E-state index is -4.04. The third-order valence-electron chi connectivity index (χ3n) is 4.14. The van der Waals surface area contributed by atoms with Crippen LogP contribution < -0.4 is 10.0 Å². The maximum Gasteiger partial charge on any atom is 0.270 e. The largest absolute Gasteiger partial charge is 0.354 e. The van der Waals surface area contributed by atoms with E-state index < -0.39 is 37.4 Å². The molecule has 0 fully saturated rings. The molecule has 2 N–H and O–H groups in total. The molecule has 0 aliphatic rings. The summed E-state index contributed by atoms with van der Waals surface area (Å²) >= 11 is 0. The van der Waals surface area contributed by atoms with Crippen LogP contribution in [0.4, 0.5) is 5.69 Å². The first kappa shape index (κ1) is 24.9. The number of hydrogen-bond donors (Lipinski definition) is 2. The highest BCUT2D eigenvalue weighted by Crippen LogP contribution is 2.17. The van der Waals surface area contributed by atoms with Crippen LogP contribution in [0.1, 0.15) is 5.56 Å². The molecule has 32 heavy (non-hydrogen) atoms. The second-order valence-electron chi connectivity index (χ2n) is 6.40. The Morgan fingerprint density at radius 2 is 1.75 bits per heavy atom. The van der Waals surface area contributed by atoms with E-state index in [0.29, 0.717) is 0 Å². The maximum atomic E-state index is 12.5. The Kier molecular flexibility index (Phi) is 8.00. The first-order valence-corrected chi connectivity index (χ1v) is 11.9. The number of benzene rings is 2. The Bertz CT molecular complexity index is 1250. The molecular formula is C18H19N5O7S2. The number of rotatable bonds is 10. The summed E-state index contributed by atoms with van der Waals surface area (Å²) in [6, 6.07) is 11.6. The Morgan fingerprint density at radius 1 is 1.09 bits per heavy atom. The van der Waals surface area contributed by atoms with Gasteiger partial charge in [-0.15, -0.1) is 0 Å². The van der Waals surface area contributed by atoms with Gasteiger partial charge in [-0.1, -0.05) is 6.07 Å². The van der Waals surface area contributed by atoms with Crippen LogP contribution in [0.5, 0.6) is 0 Å². The molecule has 0 aliphatic carbocycles. The van der Waals surface area contributed by atoms with Crippen LogP contribution in [0.3, 0.4) is 0 Å². The summed E-state index contributed by atoms with van der Waals surface area (Å²) in [5, 5.41) is 21.9. The van der Waals surface area contributed by atoms with Crippen molar-refractivity contribution in [2.45, 2.75) is 9.79 Å². The maximum absolute atomic E-state index is 12.5. The minimum Gasteiger partial charge on any atom is -0.354 e. The number of carbonyl (C=O) groups excluding carboxylic acids is 1. The summed E-state index contributed by atoms with van der Waals surface area (Å²) in [5.41, 5.74) is -0.0930. The number of carbonyl (C=O) groups is 1. The van der Waals surface area contributed by atoms with Gasteiger partial charge >= 0.3 is 0 Å². The molecule has 2 aromatic carbocycles. The van der Waals surface area contributed by atoms with E-state index in [4.69, 9.17) is 5.26 Å². The van der Waals surface area contributed by atoms with Crippen LogP contribution in [0, 0.1) is 21.4 Å². The van der Waals surface area contributed by atoms with E-state index in [1.165, 1.54) is 43.4 Å². The molecular weight excluding hydrogens is 462 g/mol. The first-order valence-electron chi connectivity index (χ1n) is 8.94. The van der Waals surface area contributed by atoms with Gasteiger partial charge in [-0.25, -0.2) is 21.6 Å².